The Kier molecular flexibility index (Phi) is 35.7. The lowest BCUT2D eigenvalue weighted by molar-refractivity contribution is -0.0135. The summed E-state index contributed by atoms with van der Waals surface area (Å²) in [6.45, 7) is 80.4. The smallest absolute Gasteiger partial charge is 0.232 e. The van der Waals surface area contributed by atoms with E-state index in [1.54, 1.807) is 0 Å². The molecule has 0 saturated carbocycles. The highest BCUT2D eigenvalue weighted by Crippen LogP contribution is 2.49. The molecule has 9 heterocycles. The van der Waals surface area contributed by atoms with Crippen LogP contribution < -0.4 is 44.1 Å². The molecular weight excluding hydrogens is 1600 g/mol. The molecule has 1 unspecified atom stereocenters. The van der Waals surface area contributed by atoms with Crippen LogP contribution in [0.15, 0.2) is 0 Å². The van der Waals surface area contributed by atoms with Crippen molar-refractivity contribution in [2.24, 2.45) is 5.92 Å². The highest BCUT2D eigenvalue weighted by molar-refractivity contribution is 5.52. The highest BCUT2D eigenvalue weighted by atomic mass is 15.5. The van der Waals surface area contributed by atoms with Crippen LogP contribution >= 0.6 is 0 Å². The molecule has 24 heteroatoms. The van der Waals surface area contributed by atoms with Crippen LogP contribution in [-0.2, 0) is 0 Å². The number of hydrogen-bond acceptors (Lipinski definition) is 24. The van der Waals surface area contributed by atoms with Crippen LogP contribution in [0.4, 0.5) is 53.5 Å². The molecule has 6 fully saturated rings. The zero-order chi connectivity index (χ0) is 96.1. The van der Waals surface area contributed by atoms with Crippen LogP contribution in [0.25, 0.3) is 0 Å². The minimum Gasteiger partial charge on any atom is -0.344 e. The molecule has 6 aliphatic rings. The van der Waals surface area contributed by atoms with Gasteiger partial charge in [0.15, 0.2) is 0 Å². The zero-order valence-electron chi connectivity index (χ0n) is 91.1. The Balaban J connectivity index is 1.16. The summed E-state index contributed by atoms with van der Waals surface area (Å²) in [6.07, 6.45) is 30.2. The topological polar surface area (TPSA) is 165 Å². The normalized spacial score (nSPS) is 23.0. The average molecular weight is 1800 g/mol. The zero-order valence-corrected chi connectivity index (χ0v) is 91.1. The van der Waals surface area contributed by atoms with Crippen molar-refractivity contribution in [1.82, 2.24) is 74.3 Å². The average Bonchev–Trinajstić information content (AvgIpc) is 0.765. The first-order valence-corrected chi connectivity index (χ1v) is 52.2. The van der Waals surface area contributed by atoms with Crippen LogP contribution in [0.5, 0.6) is 0 Å². The highest BCUT2D eigenvalue weighted by Gasteiger charge is 2.53. The van der Waals surface area contributed by atoms with Crippen molar-refractivity contribution in [2.45, 2.75) is 497 Å². The molecule has 0 radical (unpaired) electrons. The predicted molar refractivity (Wildman–Crippen MR) is 553 cm³/mol. The van der Waals surface area contributed by atoms with E-state index >= 15 is 0 Å². The molecule has 129 heavy (non-hydrogen) atoms. The van der Waals surface area contributed by atoms with E-state index in [2.05, 4.69) is 345 Å². The van der Waals surface area contributed by atoms with Crippen molar-refractivity contribution in [3.63, 3.8) is 0 Å². The van der Waals surface area contributed by atoms with Crippen LogP contribution in [0.3, 0.4) is 0 Å². The molecular formula is C105H200N24. The molecule has 6 saturated heterocycles. The Morgan fingerprint density at radius 3 is 0.550 bits per heavy atom. The summed E-state index contributed by atoms with van der Waals surface area (Å²) in [5.41, 5.74) is -0.299. The molecule has 6 aliphatic heterocycles. The van der Waals surface area contributed by atoms with Gasteiger partial charge in [-0.3, -0.25) is 29.4 Å². The molecule has 3 aromatic heterocycles. The maximum absolute atomic E-state index is 5.88. The molecule has 0 aliphatic carbocycles. The molecule has 0 spiro atoms. The van der Waals surface area contributed by atoms with E-state index in [0.717, 1.165) is 299 Å². The Morgan fingerprint density at radius 1 is 0.217 bits per heavy atom. The third kappa shape index (κ3) is 25.8. The first-order chi connectivity index (χ1) is 59.8. The number of unbranched alkanes of at least 4 members (excludes halogenated alkanes) is 7. The van der Waals surface area contributed by atoms with Crippen LogP contribution in [0.1, 0.15) is 394 Å². The maximum atomic E-state index is 5.88. The van der Waals surface area contributed by atoms with Crippen molar-refractivity contribution in [3.8, 4) is 0 Å². The fraction of sp³-hybridized carbons (Fsp3) is 0.914. The molecule has 9 rings (SSSR count). The van der Waals surface area contributed by atoms with Gasteiger partial charge in [-0.05, 0) is 356 Å². The standard InChI is InChI=1S/C105H200N24/c1-40-46-59-124(79-65-94(7,8)118(34)95(9,10)66-79)88-106-85(107-89(112-88)125(60-47-41-2)80-67-96(11,12)119(35)97(13,14)68-80)115(31)57-53-52-55-78(77-117(33)87-110-92(128(63-50-44-5)83-73-102(23,24)122(38)103(25,26)74-83)114-93(111-87)129(64-51-45-6)84-75-104(27,28)123(39)105(29,30)76-84)56-54-58-116(32)86-108-90(126(61-48-42-3)81-69-98(15,16)120(36)99(17,18)70-81)113-91(109-86)127(62-49-43-4)82-71-100(19,20)121(37)101(21,22)72-82/h78-84H,40-77H2,1-39H3. The number of piperidine rings is 6. The maximum Gasteiger partial charge on any atom is 0.232 e. The SMILES string of the molecule is CCCCN(c1nc(N(C)CCCCC(CCCN(C)c2nc(N(CCCC)C3CC(C)(C)N(C)C(C)(C)C3)nc(N(CCCC)C3CC(C)(C)N(C)C(C)(C)C3)n2)CN(C)c2nc(N(CCCC)C3CC(C)(C)N(C)C(C)(C)C3)nc(N(CCCC)C3CC(C)(C)N(C)C(C)(C)C3)n2)nc(N(CCCC)C2CC(C)(C)N(C)C(C)(C)C2)n1)C1CC(C)(C)N(C)C(C)(C)C1. The second-order valence-electron chi connectivity index (χ2n) is 49.7. The first-order valence-electron chi connectivity index (χ1n) is 52.2. The van der Waals surface area contributed by atoms with Gasteiger partial charge in [0.1, 0.15) is 0 Å². The minimum atomic E-state index is -0.0347. The summed E-state index contributed by atoms with van der Waals surface area (Å²) >= 11 is 0. The largest absolute Gasteiger partial charge is 0.344 e. The van der Waals surface area contributed by atoms with Gasteiger partial charge in [0.2, 0.25) is 53.5 Å². The summed E-state index contributed by atoms with van der Waals surface area (Å²) in [6, 6.07) is 1.52. The van der Waals surface area contributed by atoms with Gasteiger partial charge in [-0.15, -0.1) is 0 Å². The summed E-state index contributed by atoms with van der Waals surface area (Å²) in [7, 11) is 20.8. The molecule has 1 atom stereocenters. The Bertz CT molecular complexity index is 3650. The third-order valence-corrected chi connectivity index (χ3v) is 34.2. The monoisotopic (exact) mass is 1800 g/mol. The summed E-state index contributed by atoms with van der Waals surface area (Å²) in [5, 5.41) is 0. The lowest BCUT2D eigenvalue weighted by atomic mass is 9.77. The molecule has 24 nitrogen and oxygen atoms in total. The quantitative estimate of drug-likeness (QED) is 0.0490. The van der Waals surface area contributed by atoms with E-state index in [9.17, 15) is 0 Å². The molecule has 0 amide bonds. The van der Waals surface area contributed by atoms with Crippen molar-refractivity contribution < 1.29 is 0 Å². The predicted octanol–water partition coefficient (Wildman–Crippen LogP) is 21.1. The van der Waals surface area contributed by atoms with Crippen molar-refractivity contribution >= 4 is 53.5 Å². The van der Waals surface area contributed by atoms with Crippen molar-refractivity contribution in [3.05, 3.63) is 0 Å². The molecule has 0 bridgehead atoms. The number of rotatable bonds is 44. The van der Waals surface area contributed by atoms with Gasteiger partial charge in [-0.25, -0.2) is 0 Å². The minimum absolute atomic E-state index is 0.0168. The van der Waals surface area contributed by atoms with E-state index in [-0.39, 0.29) is 109 Å². The fourth-order valence-electron chi connectivity index (χ4n) is 24.6. The molecule has 3 aromatic rings. The van der Waals surface area contributed by atoms with E-state index in [1.165, 1.54) is 0 Å². The Morgan fingerprint density at radius 2 is 0.372 bits per heavy atom. The second kappa shape index (κ2) is 42.7. The van der Waals surface area contributed by atoms with Gasteiger partial charge >= 0.3 is 0 Å². The summed E-state index contributed by atoms with van der Waals surface area (Å²) in [4.78, 5) is 91.0. The van der Waals surface area contributed by atoms with Crippen LogP contribution in [-0.4, -0.2) is 299 Å². The summed E-state index contributed by atoms with van der Waals surface area (Å²) in [5.74, 6) is 7.62. The van der Waals surface area contributed by atoms with E-state index < -0.39 is 0 Å². The lowest BCUT2D eigenvalue weighted by Crippen LogP contribution is -2.63. The van der Waals surface area contributed by atoms with Gasteiger partial charge in [0, 0.05) is 183 Å². The molecule has 740 valence electrons. The number of aromatic nitrogens is 9. The van der Waals surface area contributed by atoms with Crippen molar-refractivity contribution in [2.75, 3.05) is 166 Å². The van der Waals surface area contributed by atoms with Crippen molar-refractivity contribution in [1.29, 1.82) is 0 Å². The lowest BCUT2D eigenvalue weighted by Gasteiger charge is -2.56. The first kappa shape index (κ1) is 108. The number of hydrogen-bond donors (Lipinski definition) is 0. The van der Waals surface area contributed by atoms with E-state index in [1.807, 2.05) is 0 Å². The Labute approximate surface area is 792 Å². The molecule has 0 aromatic carbocycles. The van der Waals surface area contributed by atoms with Gasteiger partial charge in [0.05, 0.1) is 0 Å². The number of likely N-dealkylation sites (tertiary alicyclic amines) is 6. The van der Waals surface area contributed by atoms with E-state index in [0.29, 0.717) is 0 Å². The fourth-order valence-corrected chi connectivity index (χ4v) is 24.6. The van der Waals surface area contributed by atoms with Gasteiger partial charge < -0.3 is 44.1 Å². The second-order valence-corrected chi connectivity index (χ2v) is 49.7. The Hall–Kier alpha value is -5.01. The number of nitrogens with zero attached hydrogens (tertiary/aromatic N) is 24. The van der Waals surface area contributed by atoms with E-state index in [4.69, 9.17) is 44.9 Å². The van der Waals surface area contributed by atoms with Crippen LogP contribution in [0, 0.1) is 5.92 Å². The van der Waals surface area contributed by atoms with Crippen LogP contribution in [0.2, 0.25) is 0 Å². The third-order valence-electron chi connectivity index (χ3n) is 34.2. The summed E-state index contributed by atoms with van der Waals surface area (Å²) < 4.78 is 0. The van der Waals surface area contributed by atoms with Gasteiger partial charge in [-0.1, -0.05) is 86.5 Å². The van der Waals surface area contributed by atoms with Gasteiger partial charge in [0.25, 0.3) is 0 Å². The van der Waals surface area contributed by atoms with Gasteiger partial charge in [-0.2, -0.15) is 44.9 Å². The number of anilines is 9. The molecule has 0 N–H and O–H groups in total.